The first-order valence-electron chi connectivity index (χ1n) is 6.52. The highest BCUT2D eigenvalue weighted by Crippen LogP contribution is 2.23. The van der Waals surface area contributed by atoms with Gasteiger partial charge in [0.2, 0.25) is 0 Å². The molecule has 0 saturated carbocycles. The van der Waals surface area contributed by atoms with Crippen molar-refractivity contribution in [2.24, 2.45) is 11.8 Å². The Kier molecular flexibility index (Phi) is 8.28. The molecule has 0 saturated heterocycles. The van der Waals surface area contributed by atoms with Crippen LogP contribution < -0.4 is 5.32 Å². The molecule has 0 fully saturated rings. The number of rotatable bonds is 9. The number of allylic oxidation sites excluding steroid dienone is 2. The van der Waals surface area contributed by atoms with Crippen molar-refractivity contribution < 1.29 is 0 Å². The van der Waals surface area contributed by atoms with Gasteiger partial charge in [-0.1, -0.05) is 38.5 Å². The van der Waals surface area contributed by atoms with Crippen molar-refractivity contribution in [1.29, 1.82) is 0 Å². The second kappa shape index (κ2) is 8.58. The highest BCUT2D eigenvalue weighted by molar-refractivity contribution is 5.05. The zero-order valence-corrected chi connectivity index (χ0v) is 11.6. The van der Waals surface area contributed by atoms with E-state index in [-0.39, 0.29) is 0 Å². The van der Waals surface area contributed by atoms with Gasteiger partial charge >= 0.3 is 0 Å². The number of hydrogen-bond acceptors (Lipinski definition) is 1. The normalized spacial score (nSPS) is 16.5. The highest BCUT2D eigenvalue weighted by atomic mass is 14.8. The summed E-state index contributed by atoms with van der Waals surface area (Å²) < 4.78 is 0. The Morgan fingerprint density at radius 3 is 2.44 bits per heavy atom. The summed E-state index contributed by atoms with van der Waals surface area (Å²) in [5, 5.41) is 3.31. The highest BCUT2D eigenvalue weighted by Gasteiger charge is 2.11. The zero-order chi connectivity index (χ0) is 12.6. The first-order valence-corrected chi connectivity index (χ1v) is 6.52. The summed E-state index contributed by atoms with van der Waals surface area (Å²) in [5.41, 5.74) is 1.32. The smallest absolute Gasteiger partial charge is 0.00383 e. The minimum atomic E-state index is 0.458. The first kappa shape index (κ1) is 15.4. The van der Waals surface area contributed by atoms with E-state index in [1.165, 1.54) is 24.8 Å². The molecule has 0 rings (SSSR count). The van der Waals surface area contributed by atoms with Crippen molar-refractivity contribution >= 4 is 0 Å². The van der Waals surface area contributed by atoms with Gasteiger partial charge in [-0.25, -0.2) is 0 Å². The minimum absolute atomic E-state index is 0.458. The van der Waals surface area contributed by atoms with Crippen LogP contribution in [0.1, 0.15) is 46.5 Å². The van der Waals surface area contributed by atoms with Crippen molar-refractivity contribution in [1.82, 2.24) is 5.32 Å². The molecule has 0 heterocycles. The average Bonchev–Trinajstić information content (AvgIpc) is 2.32. The zero-order valence-electron chi connectivity index (χ0n) is 11.6. The third kappa shape index (κ3) is 6.12. The van der Waals surface area contributed by atoms with Crippen molar-refractivity contribution in [3.05, 3.63) is 24.8 Å². The lowest BCUT2D eigenvalue weighted by Crippen LogP contribution is -2.24. The van der Waals surface area contributed by atoms with Gasteiger partial charge in [-0.2, -0.15) is 0 Å². The average molecular weight is 223 g/mol. The molecule has 16 heavy (non-hydrogen) atoms. The Bertz CT molecular complexity index is 207. The van der Waals surface area contributed by atoms with Crippen LogP contribution in [0.15, 0.2) is 24.8 Å². The molecule has 0 aliphatic carbocycles. The molecule has 0 aliphatic rings. The van der Waals surface area contributed by atoms with Crippen LogP contribution in [-0.4, -0.2) is 13.1 Å². The lowest BCUT2D eigenvalue weighted by molar-refractivity contribution is 0.379. The second-order valence-corrected chi connectivity index (χ2v) is 4.92. The fraction of sp³-hybridized carbons (Fsp3) is 0.733. The molecule has 0 amide bonds. The van der Waals surface area contributed by atoms with Gasteiger partial charge in [0.25, 0.3) is 0 Å². The monoisotopic (exact) mass is 223 g/mol. The molecule has 2 unspecified atom stereocenters. The van der Waals surface area contributed by atoms with Crippen molar-refractivity contribution in [2.45, 2.75) is 52.5 Å². The van der Waals surface area contributed by atoms with E-state index < -0.39 is 0 Å². The van der Waals surface area contributed by atoms with E-state index in [0.29, 0.717) is 12.0 Å². The molecule has 0 radical (unpaired) electrons. The van der Waals surface area contributed by atoms with Gasteiger partial charge in [0.15, 0.2) is 0 Å². The van der Waals surface area contributed by atoms with E-state index in [4.69, 9.17) is 0 Å². The topological polar surface area (TPSA) is 12.0 Å². The predicted octanol–water partition coefficient (Wildman–Crippen LogP) is 4.17. The largest absolute Gasteiger partial charge is 0.317 e. The van der Waals surface area contributed by atoms with Crippen LogP contribution in [0.4, 0.5) is 0 Å². The molecular weight excluding hydrogens is 194 g/mol. The van der Waals surface area contributed by atoms with E-state index in [9.17, 15) is 0 Å². The molecule has 0 aliphatic heterocycles. The Morgan fingerprint density at radius 1 is 1.38 bits per heavy atom. The van der Waals surface area contributed by atoms with E-state index >= 15 is 0 Å². The standard InChI is InChI=1S/C15H29N/c1-7-12(3)13(4)9-10-15(8-2)11-14(5)16-6/h7,12,14-16H,1,4,8-11H2,2-3,5-6H3/t12?,14-,15?/m1/s1. The van der Waals surface area contributed by atoms with Crippen LogP contribution in [-0.2, 0) is 0 Å². The molecular formula is C15H29N. The number of nitrogens with one attached hydrogen (secondary N) is 1. The summed E-state index contributed by atoms with van der Waals surface area (Å²) in [6.45, 7) is 14.7. The first-order chi connectivity index (χ1) is 7.54. The lowest BCUT2D eigenvalue weighted by Gasteiger charge is -2.20. The molecule has 3 atom stereocenters. The van der Waals surface area contributed by atoms with E-state index in [1.54, 1.807) is 0 Å². The molecule has 0 aromatic heterocycles. The van der Waals surface area contributed by atoms with E-state index in [2.05, 4.69) is 39.2 Å². The van der Waals surface area contributed by atoms with E-state index in [0.717, 1.165) is 12.3 Å². The Balaban J connectivity index is 3.95. The molecule has 1 nitrogen and oxygen atoms in total. The van der Waals surface area contributed by atoms with Crippen LogP contribution in [0, 0.1) is 11.8 Å². The molecule has 94 valence electrons. The van der Waals surface area contributed by atoms with Crippen molar-refractivity contribution in [2.75, 3.05) is 7.05 Å². The lowest BCUT2D eigenvalue weighted by atomic mass is 9.89. The number of hydrogen-bond donors (Lipinski definition) is 1. The summed E-state index contributed by atoms with van der Waals surface area (Å²) >= 11 is 0. The summed E-state index contributed by atoms with van der Waals surface area (Å²) in [6, 6.07) is 0.620. The summed E-state index contributed by atoms with van der Waals surface area (Å²) in [4.78, 5) is 0. The van der Waals surface area contributed by atoms with Crippen LogP contribution in [0.2, 0.25) is 0 Å². The van der Waals surface area contributed by atoms with Gasteiger partial charge in [-0.3, -0.25) is 0 Å². The van der Waals surface area contributed by atoms with Gasteiger partial charge in [-0.15, -0.1) is 6.58 Å². The van der Waals surface area contributed by atoms with Crippen molar-refractivity contribution in [3.63, 3.8) is 0 Å². The Morgan fingerprint density at radius 2 is 2.00 bits per heavy atom. The molecule has 0 spiro atoms. The molecule has 0 bridgehead atoms. The third-order valence-corrected chi connectivity index (χ3v) is 3.63. The van der Waals surface area contributed by atoms with Crippen LogP contribution in [0.25, 0.3) is 0 Å². The van der Waals surface area contributed by atoms with Gasteiger partial charge in [-0.05, 0) is 45.1 Å². The van der Waals surface area contributed by atoms with Gasteiger partial charge in [0, 0.05) is 6.04 Å². The maximum Gasteiger partial charge on any atom is 0.00383 e. The molecule has 0 aromatic carbocycles. The molecule has 0 aromatic rings. The predicted molar refractivity (Wildman–Crippen MR) is 74.7 cm³/mol. The van der Waals surface area contributed by atoms with Gasteiger partial charge in [0.1, 0.15) is 0 Å². The molecule has 1 N–H and O–H groups in total. The maximum absolute atomic E-state index is 4.14. The Hall–Kier alpha value is -0.560. The Labute approximate surface area is 102 Å². The van der Waals surface area contributed by atoms with Gasteiger partial charge in [0.05, 0.1) is 0 Å². The van der Waals surface area contributed by atoms with Crippen LogP contribution in [0.3, 0.4) is 0 Å². The maximum atomic E-state index is 4.14. The summed E-state index contributed by atoms with van der Waals surface area (Å²) in [7, 11) is 2.04. The third-order valence-electron chi connectivity index (χ3n) is 3.63. The van der Waals surface area contributed by atoms with Crippen LogP contribution in [0.5, 0.6) is 0 Å². The minimum Gasteiger partial charge on any atom is -0.317 e. The molecule has 1 heteroatoms. The van der Waals surface area contributed by atoms with Crippen LogP contribution >= 0.6 is 0 Å². The summed E-state index contributed by atoms with van der Waals surface area (Å²) in [6.07, 6.45) is 6.92. The fourth-order valence-corrected chi connectivity index (χ4v) is 1.89. The quantitative estimate of drug-likeness (QED) is 0.579. The van der Waals surface area contributed by atoms with Crippen molar-refractivity contribution in [3.8, 4) is 0 Å². The van der Waals surface area contributed by atoms with E-state index in [1.807, 2.05) is 13.1 Å². The van der Waals surface area contributed by atoms with Gasteiger partial charge < -0.3 is 5.32 Å². The summed E-state index contributed by atoms with van der Waals surface area (Å²) in [5.74, 6) is 1.27. The second-order valence-electron chi connectivity index (χ2n) is 4.92. The SMILES string of the molecule is C=CC(C)C(=C)CCC(CC)C[C@@H](C)NC. The fourth-order valence-electron chi connectivity index (χ4n) is 1.89.